The van der Waals surface area contributed by atoms with Gasteiger partial charge in [-0.3, -0.25) is 0 Å². The maximum Gasteiger partial charge on any atom is 0.416 e. The molecule has 0 spiro atoms. The summed E-state index contributed by atoms with van der Waals surface area (Å²) in [5, 5.41) is 3.70. The van der Waals surface area contributed by atoms with Gasteiger partial charge in [-0.15, -0.1) is 11.3 Å². The maximum atomic E-state index is 12.8. The lowest BCUT2D eigenvalue weighted by atomic mass is 10.1. The van der Waals surface area contributed by atoms with Crippen LogP contribution in [0.4, 0.5) is 13.2 Å². The molecule has 2 rings (SSSR count). The minimum atomic E-state index is -4.33. The number of halogens is 3. The predicted molar refractivity (Wildman–Crippen MR) is 79.4 cm³/mol. The van der Waals surface area contributed by atoms with E-state index in [2.05, 4.69) is 10.3 Å². The fourth-order valence-corrected chi connectivity index (χ4v) is 3.28. The average Bonchev–Trinajstić information content (AvgIpc) is 2.83. The van der Waals surface area contributed by atoms with Gasteiger partial charge in [0.05, 0.1) is 11.3 Å². The minimum Gasteiger partial charge on any atom is -0.315 e. The number of benzene rings is 1. The monoisotopic (exact) mass is 314 g/mol. The number of hydrogen-bond donors (Lipinski definition) is 1. The van der Waals surface area contributed by atoms with Crippen LogP contribution in [-0.4, -0.2) is 12.0 Å². The highest BCUT2D eigenvalue weighted by atomic mass is 32.1. The summed E-state index contributed by atoms with van der Waals surface area (Å²) in [6, 6.07) is 5.33. The number of nitrogens with one attached hydrogen (secondary N) is 1. The zero-order chi connectivity index (χ0) is 15.6. The highest BCUT2D eigenvalue weighted by molar-refractivity contribution is 7.15. The first-order chi connectivity index (χ1) is 9.82. The molecule has 0 aliphatic heterocycles. The van der Waals surface area contributed by atoms with E-state index in [0.717, 1.165) is 22.7 Å². The number of alkyl halides is 3. The van der Waals surface area contributed by atoms with E-state index in [0.29, 0.717) is 17.1 Å². The molecule has 1 heterocycles. The maximum absolute atomic E-state index is 12.8. The molecule has 2 aromatic rings. The minimum absolute atomic E-state index is 0.240. The summed E-state index contributed by atoms with van der Waals surface area (Å²) in [5.41, 5.74) is 0.817. The van der Waals surface area contributed by atoms with Gasteiger partial charge < -0.3 is 5.32 Å². The summed E-state index contributed by atoms with van der Waals surface area (Å²) < 4.78 is 38.4. The Balaban J connectivity index is 2.45. The SMILES string of the molecule is CNCc1sc(-c2cccc(C(F)(F)F)c2)nc1C(C)C. The fraction of sp³-hybridized carbons (Fsp3) is 0.400. The van der Waals surface area contributed by atoms with Gasteiger partial charge in [0.1, 0.15) is 5.01 Å². The third kappa shape index (κ3) is 3.63. The van der Waals surface area contributed by atoms with Crippen LogP contribution in [0.2, 0.25) is 0 Å². The van der Waals surface area contributed by atoms with Gasteiger partial charge in [0.25, 0.3) is 0 Å². The van der Waals surface area contributed by atoms with Gasteiger partial charge in [0.15, 0.2) is 0 Å². The molecule has 0 atom stereocenters. The lowest BCUT2D eigenvalue weighted by Gasteiger charge is -2.07. The second kappa shape index (κ2) is 6.15. The van der Waals surface area contributed by atoms with Gasteiger partial charge in [0.2, 0.25) is 0 Å². The van der Waals surface area contributed by atoms with Crippen LogP contribution < -0.4 is 5.32 Å². The predicted octanol–water partition coefficient (Wildman–Crippen LogP) is 4.67. The Bertz CT molecular complexity index is 618. The molecule has 1 aromatic heterocycles. The summed E-state index contributed by atoms with van der Waals surface area (Å²) in [4.78, 5) is 5.60. The van der Waals surface area contributed by atoms with Gasteiger partial charge in [-0.2, -0.15) is 13.2 Å². The summed E-state index contributed by atoms with van der Waals surface area (Å²) in [6.45, 7) is 4.73. The van der Waals surface area contributed by atoms with Crippen molar-refractivity contribution in [1.29, 1.82) is 0 Å². The lowest BCUT2D eigenvalue weighted by molar-refractivity contribution is -0.137. The third-order valence-electron chi connectivity index (χ3n) is 3.05. The fourth-order valence-electron chi connectivity index (χ4n) is 2.05. The van der Waals surface area contributed by atoms with Gasteiger partial charge in [-0.25, -0.2) is 4.98 Å². The zero-order valence-electron chi connectivity index (χ0n) is 12.1. The van der Waals surface area contributed by atoms with Crippen molar-refractivity contribution >= 4 is 11.3 Å². The molecule has 1 aromatic carbocycles. The molecule has 6 heteroatoms. The van der Waals surface area contributed by atoms with E-state index in [-0.39, 0.29) is 5.92 Å². The van der Waals surface area contributed by atoms with Crippen LogP contribution in [0.1, 0.15) is 35.9 Å². The topological polar surface area (TPSA) is 24.9 Å². The molecule has 0 amide bonds. The van der Waals surface area contributed by atoms with Gasteiger partial charge >= 0.3 is 6.18 Å². The normalized spacial score (nSPS) is 12.1. The highest BCUT2D eigenvalue weighted by Crippen LogP contribution is 2.35. The Kier molecular flexibility index (Phi) is 4.68. The molecule has 0 aliphatic rings. The third-order valence-corrected chi connectivity index (χ3v) is 4.17. The Labute approximate surface area is 126 Å². The average molecular weight is 314 g/mol. The molecule has 114 valence electrons. The standard InChI is InChI=1S/C15H17F3N2S/c1-9(2)13-12(8-19-3)21-14(20-13)10-5-4-6-11(7-10)15(16,17)18/h4-7,9,19H,8H2,1-3H3. The van der Waals surface area contributed by atoms with E-state index in [9.17, 15) is 13.2 Å². The molecule has 0 unspecified atom stereocenters. The van der Waals surface area contributed by atoms with Crippen LogP contribution in [0.5, 0.6) is 0 Å². The van der Waals surface area contributed by atoms with E-state index in [4.69, 9.17) is 0 Å². The van der Waals surface area contributed by atoms with Crippen molar-refractivity contribution in [2.45, 2.75) is 32.5 Å². The van der Waals surface area contributed by atoms with Gasteiger partial charge in [0, 0.05) is 17.0 Å². The van der Waals surface area contributed by atoms with Crippen molar-refractivity contribution < 1.29 is 13.2 Å². The molecule has 2 nitrogen and oxygen atoms in total. The number of nitrogens with zero attached hydrogens (tertiary/aromatic N) is 1. The molecule has 0 aliphatic carbocycles. The van der Waals surface area contributed by atoms with Crippen LogP contribution in [0, 0.1) is 0 Å². The van der Waals surface area contributed by atoms with E-state index < -0.39 is 11.7 Å². The lowest BCUT2D eigenvalue weighted by Crippen LogP contribution is -2.06. The van der Waals surface area contributed by atoms with Crippen LogP contribution in [-0.2, 0) is 12.7 Å². The van der Waals surface area contributed by atoms with E-state index in [1.54, 1.807) is 6.07 Å². The highest BCUT2D eigenvalue weighted by Gasteiger charge is 2.30. The number of rotatable bonds is 4. The van der Waals surface area contributed by atoms with Crippen molar-refractivity contribution in [1.82, 2.24) is 10.3 Å². The molecule has 21 heavy (non-hydrogen) atoms. The second-order valence-corrected chi connectivity index (χ2v) is 6.17. The van der Waals surface area contributed by atoms with E-state index in [1.807, 2.05) is 20.9 Å². The largest absolute Gasteiger partial charge is 0.416 e. The first kappa shape index (κ1) is 16.0. The van der Waals surface area contributed by atoms with Crippen molar-refractivity contribution in [2.24, 2.45) is 0 Å². The van der Waals surface area contributed by atoms with E-state index >= 15 is 0 Å². The molecule has 1 N–H and O–H groups in total. The Morgan fingerprint density at radius 3 is 2.57 bits per heavy atom. The molecule has 0 radical (unpaired) electrons. The summed E-state index contributed by atoms with van der Waals surface area (Å²) >= 11 is 1.44. The number of thiazole rings is 1. The van der Waals surface area contributed by atoms with Crippen LogP contribution in [0.15, 0.2) is 24.3 Å². The second-order valence-electron chi connectivity index (χ2n) is 5.09. The van der Waals surface area contributed by atoms with Crippen molar-refractivity contribution in [3.63, 3.8) is 0 Å². The van der Waals surface area contributed by atoms with Crippen molar-refractivity contribution in [2.75, 3.05) is 7.05 Å². The van der Waals surface area contributed by atoms with Crippen LogP contribution >= 0.6 is 11.3 Å². The molecule has 0 fully saturated rings. The number of hydrogen-bond acceptors (Lipinski definition) is 3. The molecular formula is C15H17F3N2S. The summed E-state index contributed by atoms with van der Waals surface area (Å²) in [5.74, 6) is 0.240. The Hall–Kier alpha value is -1.40. The van der Waals surface area contributed by atoms with Crippen molar-refractivity contribution in [3.05, 3.63) is 40.4 Å². The summed E-state index contributed by atoms with van der Waals surface area (Å²) in [7, 11) is 1.84. The zero-order valence-corrected chi connectivity index (χ0v) is 12.9. The first-order valence-corrected chi connectivity index (χ1v) is 7.46. The van der Waals surface area contributed by atoms with Crippen LogP contribution in [0.25, 0.3) is 10.6 Å². The quantitative estimate of drug-likeness (QED) is 0.887. The smallest absolute Gasteiger partial charge is 0.315 e. The Morgan fingerprint density at radius 1 is 1.29 bits per heavy atom. The Morgan fingerprint density at radius 2 is 2.00 bits per heavy atom. The van der Waals surface area contributed by atoms with Crippen LogP contribution in [0.3, 0.4) is 0 Å². The van der Waals surface area contributed by atoms with E-state index in [1.165, 1.54) is 17.4 Å². The molecule has 0 bridgehead atoms. The molecular weight excluding hydrogens is 297 g/mol. The number of aromatic nitrogens is 1. The first-order valence-electron chi connectivity index (χ1n) is 6.64. The van der Waals surface area contributed by atoms with Crippen molar-refractivity contribution in [3.8, 4) is 10.6 Å². The molecule has 0 saturated heterocycles. The summed E-state index contributed by atoms with van der Waals surface area (Å²) in [6.07, 6.45) is -4.33. The molecule has 0 saturated carbocycles. The van der Waals surface area contributed by atoms with Gasteiger partial charge in [-0.05, 0) is 25.1 Å². The van der Waals surface area contributed by atoms with Gasteiger partial charge in [-0.1, -0.05) is 26.0 Å².